The molecule has 0 unspecified atom stereocenters. The van der Waals surface area contributed by atoms with Crippen LogP contribution in [-0.4, -0.2) is 16.9 Å². The quantitative estimate of drug-likeness (QED) is 0.539. The second-order valence-electron chi connectivity index (χ2n) is 2.39. The topological polar surface area (TPSA) is 29.5 Å². The molecule has 0 N–H and O–H groups in total. The van der Waals surface area contributed by atoms with Gasteiger partial charge in [0, 0.05) is 12.4 Å². The third-order valence-electron chi connectivity index (χ3n) is 1.41. The first-order valence-corrected chi connectivity index (χ1v) is 4.35. The maximum Gasteiger partial charge on any atom is 0.339 e. The molecule has 4 heteroatoms. The summed E-state index contributed by atoms with van der Waals surface area (Å²) in [5, 5.41) is 0. The van der Waals surface area contributed by atoms with Gasteiger partial charge in [-0.2, -0.15) is 0 Å². The van der Waals surface area contributed by atoms with E-state index in [9.17, 15) is 4.79 Å². The van der Waals surface area contributed by atoms with Gasteiger partial charge in [-0.3, -0.25) is 0 Å². The molecule has 0 spiro atoms. The summed E-state index contributed by atoms with van der Waals surface area (Å²) in [5.74, 6) is -0.332. The van der Waals surface area contributed by atoms with Crippen LogP contribution in [0.15, 0.2) is 36.2 Å². The third kappa shape index (κ3) is 2.99. The molecular formula is C9H11NO2S. The Hall–Kier alpha value is -1.16. The molecule has 1 rings (SSSR count). The first-order valence-electron chi connectivity index (χ1n) is 3.95. The summed E-state index contributed by atoms with van der Waals surface area (Å²) >= 11 is 4.07. The van der Waals surface area contributed by atoms with Crippen molar-refractivity contribution in [1.29, 1.82) is 0 Å². The Kier molecular flexibility index (Phi) is 3.64. The van der Waals surface area contributed by atoms with Gasteiger partial charge in [0.25, 0.3) is 0 Å². The van der Waals surface area contributed by atoms with E-state index in [1.54, 1.807) is 37.6 Å². The highest BCUT2D eigenvalue weighted by Crippen LogP contribution is 2.09. The van der Waals surface area contributed by atoms with E-state index in [1.807, 2.05) is 0 Å². The zero-order valence-corrected chi connectivity index (χ0v) is 8.20. The van der Waals surface area contributed by atoms with Crippen LogP contribution < -0.4 is 0 Å². The SMILES string of the molecule is CCOC(=O)C1=CN(S)C=CC=C1. The number of rotatable bonds is 2. The minimum Gasteiger partial charge on any atom is -0.462 e. The van der Waals surface area contributed by atoms with Crippen LogP contribution in [0.4, 0.5) is 0 Å². The van der Waals surface area contributed by atoms with Crippen molar-refractivity contribution in [3.05, 3.63) is 36.2 Å². The fourth-order valence-corrected chi connectivity index (χ4v) is 1.06. The number of ether oxygens (including phenoxy) is 1. The highest BCUT2D eigenvalue weighted by molar-refractivity contribution is 7.77. The normalized spacial score (nSPS) is 15.2. The Balaban J connectivity index is 2.73. The molecule has 1 aliphatic rings. The smallest absolute Gasteiger partial charge is 0.339 e. The Labute approximate surface area is 82.9 Å². The molecule has 1 heterocycles. The maximum atomic E-state index is 11.3. The number of carbonyl (C=O) groups excluding carboxylic acids is 1. The van der Waals surface area contributed by atoms with Crippen LogP contribution in [0.2, 0.25) is 0 Å². The molecule has 0 bridgehead atoms. The molecule has 13 heavy (non-hydrogen) atoms. The Bertz CT molecular complexity index is 281. The molecule has 0 amide bonds. The van der Waals surface area contributed by atoms with E-state index >= 15 is 0 Å². The molecule has 0 aromatic rings. The van der Waals surface area contributed by atoms with Gasteiger partial charge in [0.1, 0.15) is 0 Å². The molecule has 0 fully saturated rings. The Morgan fingerprint density at radius 3 is 3.08 bits per heavy atom. The lowest BCUT2D eigenvalue weighted by Crippen LogP contribution is -2.07. The average molecular weight is 197 g/mol. The first-order chi connectivity index (χ1) is 6.24. The van der Waals surface area contributed by atoms with Gasteiger partial charge in [-0.1, -0.05) is 18.9 Å². The summed E-state index contributed by atoms with van der Waals surface area (Å²) in [6.45, 7) is 2.15. The van der Waals surface area contributed by atoms with Crippen molar-refractivity contribution < 1.29 is 9.53 Å². The number of carbonyl (C=O) groups is 1. The summed E-state index contributed by atoms with van der Waals surface area (Å²) in [6, 6.07) is 0. The largest absolute Gasteiger partial charge is 0.462 e. The van der Waals surface area contributed by atoms with Gasteiger partial charge >= 0.3 is 5.97 Å². The standard InChI is InChI=1S/C9H11NO2S/c1-2-12-9(11)8-5-3-4-6-10(13)7-8/h3-7,13H,2H2,1H3. The summed E-state index contributed by atoms with van der Waals surface area (Å²) in [7, 11) is 0. The minimum atomic E-state index is -0.332. The summed E-state index contributed by atoms with van der Waals surface area (Å²) in [5.41, 5.74) is 0.488. The van der Waals surface area contributed by atoms with Crippen LogP contribution in [0.3, 0.4) is 0 Å². The highest BCUT2D eigenvalue weighted by Gasteiger charge is 2.08. The number of thiol groups is 1. The van der Waals surface area contributed by atoms with Gasteiger partial charge in [0.05, 0.1) is 12.2 Å². The van der Waals surface area contributed by atoms with E-state index < -0.39 is 0 Å². The van der Waals surface area contributed by atoms with Crippen LogP contribution in [0, 0.1) is 0 Å². The molecule has 0 aliphatic carbocycles. The molecule has 0 saturated heterocycles. The van der Waals surface area contributed by atoms with Crippen LogP contribution >= 0.6 is 12.8 Å². The zero-order chi connectivity index (χ0) is 9.68. The fraction of sp³-hybridized carbons (Fsp3) is 0.222. The van der Waals surface area contributed by atoms with Crippen LogP contribution in [0.5, 0.6) is 0 Å². The van der Waals surface area contributed by atoms with Crippen molar-refractivity contribution in [3.63, 3.8) is 0 Å². The Morgan fingerprint density at radius 2 is 2.38 bits per heavy atom. The lowest BCUT2D eigenvalue weighted by molar-refractivity contribution is -0.138. The van der Waals surface area contributed by atoms with Crippen molar-refractivity contribution in [2.45, 2.75) is 6.92 Å². The van der Waals surface area contributed by atoms with Crippen LogP contribution in [0.25, 0.3) is 0 Å². The van der Waals surface area contributed by atoms with E-state index in [0.717, 1.165) is 0 Å². The molecule has 0 saturated carbocycles. The second kappa shape index (κ2) is 4.77. The number of hydrogen-bond acceptors (Lipinski definition) is 4. The van der Waals surface area contributed by atoms with E-state index in [-0.39, 0.29) is 5.97 Å². The molecule has 0 radical (unpaired) electrons. The molecule has 70 valence electrons. The highest BCUT2D eigenvalue weighted by atomic mass is 32.1. The predicted molar refractivity (Wildman–Crippen MR) is 53.8 cm³/mol. The van der Waals surface area contributed by atoms with Crippen LogP contribution in [-0.2, 0) is 9.53 Å². The fourth-order valence-electron chi connectivity index (χ4n) is 0.861. The van der Waals surface area contributed by atoms with Crippen molar-refractivity contribution >= 4 is 18.8 Å². The third-order valence-corrected chi connectivity index (χ3v) is 1.66. The zero-order valence-electron chi connectivity index (χ0n) is 7.30. The van der Waals surface area contributed by atoms with E-state index in [1.165, 1.54) is 4.31 Å². The van der Waals surface area contributed by atoms with E-state index in [2.05, 4.69) is 12.8 Å². The molecule has 0 aromatic carbocycles. The lowest BCUT2D eigenvalue weighted by atomic mass is 10.3. The number of nitrogens with zero attached hydrogens (tertiary/aromatic N) is 1. The van der Waals surface area contributed by atoms with Crippen molar-refractivity contribution in [2.24, 2.45) is 0 Å². The molecule has 0 aromatic heterocycles. The number of allylic oxidation sites excluding steroid dienone is 2. The minimum absolute atomic E-state index is 0.332. The van der Waals surface area contributed by atoms with Gasteiger partial charge < -0.3 is 9.04 Å². The van der Waals surface area contributed by atoms with Gasteiger partial charge in [0.15, 0.2) is 0 Å². The second-order valence-corrected chi connectivity index (χ2v) is 2.85. The van der Waals surface area contributed by atoms with Crippen molar-refractivity contribution in [1.82, 2.24) is 4.31 Å². The van der Waals surface area contributed by atoms with Gasteiger partial charge in [-0.25, -0.2) is 4.79 Å². The van der Waals surface area contributed by atoms with Crippen molar-refractivity contribution in [3.8, 4) is 0 Å². The van der Waals surface area contributed by atoms with Crippen molar-refractivity contribution in [2.75, 3.05) is 6.61 Å². The predicted octanol–water partition coefficient (Wildman–Crippen LogP) is 1.66. The van der Waals surface area contributed by atoms with Gasteiger partial charge in [-0.15, -0.1) is 0 Å². The summed E-state index contributed by atoms with van der Waals surface area (Å²) in [4.78, 5) is 11.3. The molecular weight excluding hydrogens is 186 g/mol. The molecule has 1 aliphatic heterocycles. The summed E-state index contributed by atoms with van der Waals surface area (Å²) < 4.78 is 6.34. The Morgan fingerprint density at radius 1 is 1.62 bits per heavy atom. The maximum absolute atomic E-state index is 11.3. The van der Waals surface area contributed by atoms with E-state index in [4.69, 9.17) is 4.74 Å². The molecule has 0 atom stereocenters. The van der Waals surface area contributed by atoms with Gasteiger partial charge in [0.2, 0.25) is 0 Å². The first kappa shape index (κ1) is 9.92. The average Bonchev–Trinajstić information content (AvgIpc) is 2.30. The number of hydrogen-bond donors (Lipinski definition) is 1. The molecule has 3 nitrogen and oxygen atoms in total. The van der Waals surface area contributed by atoms with Crippen LogP contribution in [0.1, 0.15) is 6.92 Å². The summed E-state index contributed by atoms with van der Waals surface area (Å²) in [6.07, 6.45) is 8.56. The van der Waals surface area contributed by atoms with E-state index in [0.29, 0.717) is 12.2 Å². The lowest BCUT2D eigenvalue weighted by Gasteiger charge is -2.06. The number of esters is 1. The van der Waals surface area contributed by atoms with Gasteiger partial charge in [-0.05, 0) is 19.1 Å². The monoisotopic (exact) mass is 197 g/mol.